The van der Waals surface area contributed by atoms with Crippen LogP contribution in [0.3, 0.4) is 0 Å². The summed E-state index contributed by atoms with van der Waals surface area (Å²) in [5, 5.41) is 6.87. The van der Waals surface area contributed by atoms with Gasteiger partial charge in [0.25, 0.3) is 0 Å². The zero-order valence-corrected chi connectivity index (χ0v) is 15.7. The first-order chi connectivity index (χ1) is 12.0. The number of nitrogens with one attached hydrogen (secondary N) is 2. The van der Waals surface area contributed by atoms with Crippen LogP contribution in [-0.4, -0.2) is 49.2 Å². The second kappa shape index (κ2) is 9.85. The van der Waals surface area contributed by atoms with Gasteiger partial charge in [-0.05, 0) is 31.9 Å². The summed E-state index contributed by atoms with van der Waals surface area (Å²) in [6.45, 7) is 4.09. The Kier molecular flexibility index (Phi) is 7.81. The minimum atomic E-state index is -0.251. The SMILES string of the molecule is CCOC(=O)N1CCC(NCCC(=O)Nc2cccc(Cl)c2Cl)CC1. The second-order valence-corrected chi connectivity index (χ2v) is 6.60. The number of anilines is 1. The van der Waals surface area contributed by atoms with Crippen molar-refractivity contribution in [2.45, 2.75) is 32.2 Å². The molecule has 1 aromatic carbocycles. The van der Waals surface area contributed by atoms with Crippen molar-refractivity contribution >= 4 is 40.9 Å². The van der Waals surface area contributed by atoms with E-state index in [9.17, 15) is 9.59 Å². The fourth-order valence-electron chi connectivity index (χ4n) is 2.68. The Morgan fingerprint density at radius 1 is 1.28 bits per heavy atom. The van der Waals surface area contributed by atoms with E-state index in [-0.39, 0.29) is 12.0 Å². The van der Waals surface area contributed by atoms with Gasteiger partial charge in [-0.2, -0.15) is 0 Å². The van der Waals surface area contributed by atoms with E-state index in [1.54, 1.807) is 30.0 Å². The van der Waals surface area contributed by atoms with Gasteiger partial charge in [0.2, 0.25) is 5.91 Å². The van der Waals surface area contributed by atoms with Gasteiger partial charge < -0.3 is 20.3 Å². The molecule has 0 radical (unpaired) electrons. The minimum absolute atomic E-state index is 0.124. The largest absolute Gasteiger partial charge is 0.450 e. The Labute approximate surface area is 157 Å². The number of hydrogen-bond acceptors (Lipinski definition) is 4. The number of carbonyl (C=O) groups is 2. The van der Waals surface area contributed by atoms with Gasteiger partial charge in [-0.1, -0.05) is 29.3 Å². The highest BCUT2D eigenvalue weighted by Gasteiger charge is 2.23. The number of carbonyl (C=O) groups excluding carboxylic acids is 2. The third kappa shape index (κ3) is 6.06. The lowest BCUT2D eigenvalue weighted by Gasteiger charge is -2.31. The van der Waals surface area contributed by atoms with Crippen LogP contribution in [0.2, 0.25) is 10.0 Å². The highest BCUT2D eigenvalue weighted by molar-refractivity contribution is 6.43. The van der Waals surface area contributed by atoms with E-state index in [1.165, 1.54) is 0 Å². The van der Waals surface area contributed by atoms with Crippen molar-refractivity contribution in [3.05, 3.63) is 28.2 Å². The molecule has 1 aromatic rings. The molecule has 6 nitrogen and oxygen atoms in total. The smallest absolute Gasteiger partial charge is 0.409 e. The van der Waals surface area contributed by atoms with Gasteiger partial charge in [-0.3, -0.25) is 4.79 Å². The van der Waals surface area contributed by atoms with Gasteiger partial charge in [0.1, 0.15) is 0 Å². The molecule has 2 amide bonds. The van der Waals surface area contributed by atoms with Crippen LogP contribution in [0.5, 0.6) is 0 Å². The van der Waals surface area contributed by atoms with E-state index < -0.39 is 0 Å². The molecule has 0 saturated carbocycles. The molecule has 0 aromatic heterocycles. The molecule has 25 heavy (non-hydrogen) atoms. The van der Waals surface area contributed by atoms with E-state index in [0.717, 1.165) is 12.8 Å². The number of rotatable bonds is 6. The van der Waals surface area contributed by atoms with Crippen LogP contribution in [0.15, 0.2) is 18.2 Å². The quantitative estimate of drug-likeness (QED) is 0.782. The van der Waals surface area contributed by atoms with Gasteiger partial charge in [0, 0.05) is 32.1 Å². The molecular weight excluding hydrogens is 365 g/mol. The van der Waals surface area contributed by atoms with Gasteiger partial charge in [-0.15, -0.1) is 0 Å². The molecule has 0 unspecified atom stereocenters. The summed E-state index contributed by atoms with van der Waals surface area (Å²) in [6, 6.07) is 5.42. The average molecular weight is 388 g/mol. The molecule has 138 valence electrons. The van der Waals surface area contributed by atoms with Gasteiger partial charge in [0.05, 0.1) is 22.3 Å². The van der Waals surface area contributed by atoms with Crippen LogP contribution in [0.4, 0.5) is 10.5 Å². The maximum atomic E-state index is 12.0. The zero-order chi connectivity index (χ0) is 18.2. The summed E-state index contributed by atoms with van der Waals surface area (Å²) < 4.78 is 5.00. The van der Waals surface area contributed by atoms with Crippen LogP contribution in [0.25, 0.3) is 0 Å². The Hall–Kier alpha value is -1.50. The fourth-order valence-corrected chi connectivity index (χ4v) is 3.03. The second-order valence-electron chi connectivity index (χ2n) is 5.81. The molecule has 2 N–H and O–H groups in total. The molecule has 8 heteroatoms. The standard InChI is InChI=1S/C17H23Cl2N3O3/c1-2-25-17(24)22-10-7-12(8-11-22)20-9-6-15(23)21-14-5-3-4-13(18)16(14)19/h3-5,12,20H,2,6-11H2,1H3,(H,21,23). The van der Waals surface area contributed by atoms with E-state index in [2.05, 4.69) is 10.6 Å². The van der Waals surface area contributed by atoms with E-state index in [1.807, 2.05) is 0 Å². The number of hydrogen-bond donors (Lipinski definition) is 2. The summed E-state index contributed by atoms with van der Waals surface area (Å²) >= 11 is 12.0. The maximum absolute atomic E-state index is 12.0. The van der Waals surface area contributed by atoms with Gasteiger partial charge >= 0.3 is 6.09 Å². The summed E-state index contributed by atoms with van der Waals surface area (Å²) in [5.74, 6) is -0.124. The molecule has 0 atom stereocenters. The molecule has 0 bridgehead atoms. The maximum Gasteiger partial charge on any atom is 0.409 e. The van der Waals surface area contributed by atoms with Crippen molar-refractivity contribution in [2.75, 3.05) is 31.6 Å². The molecule has 1 aliphatic rings. The number of benzene rings is 1. The number of nitrogens with zero attached hydrogens (tertiary/aromatic N) is 1. The number of ether oxygens (including phenoxy) is 1. The van der Waals surface area contributed by atoms with Crippen molar-refractivity contribution in [3.63, 3.8) is 0 Å². The first kappa shape index (κ1) is 19.8. The zero-order valence-electron chi connectivity index (χ0n) is 14.2. The van der Waals surface area contributed by atoms with E-state index >= 15 is 0 Å². The topological polar surface area (TPSA) is 70.7 Å². The van der Waals surface area contributed by atoms with Crippen LogP contribution in [0, 0.1) is 0 Å². The van der Waals surface area contributed by atoms with Gasteiger partial charge in [0.15, 0.2) is 0 Å². The predicted octanol–water partition coefficient (Wildman–Crippen LogP) is 3.53. The van der Waals surface area contributed by atoms with Gasteiger partial charge in [-0.25, -0.2) is 4.79 Å². The third-order valence-corrected chi connectivity index (χ3v) is 4.85. The summed E-state index contributed by atoms with van der Waals surface area (Å²) in [6.07, 6.45) is 1.78. The molecular formula is C17H23Cl2N3O3. The van der Waals surface area contributed by atoms with Crippen molar-refractivity contribution in [3.8, 4) is 0 Å². The molecule has 1 aliphatic heterocycles. The van der Waals surface area contributed by atoms with E-state index in [0.29, 0.717) is 54.4 Å². The Morgan fingerprint density at radius 2 is 2.00 bits per heavy atom. The first-order valence-corrected chi connectivity index (χ1v) is 9.15. The Morgan fingerprint density at radius 3 is 2.68 bits per heavy atom. The lowest BCUT2D eigenvalue weighted by molar-refractivity contribution is -0.116. The fraction of sp³-hybridized carbons (Fsp3) is 0.529. The number of piperidine rings is 1. The van der Waals surface area contributed by atoms with Crippen LogP contribution >= 0.6 is 23.2 Å². The van der Waals surface area contributed by atoms with E-state index in [4.69, 9.17) is 27.9 Å². The van der Waals surface area contributed by atoms with Crippen molar-refractivity contribution in [2.24, 2.45) is 0 Å². The highest BCUT2D eigenvalue weighted by Crippen LogP contribution is 2.29. The number of likely N-dealkylation sites (tertiary alicyclic amines) is 1. The third-order valence-electron chi connectivity index (χ3n) is 4.03. The van der Waals surface area contributed by atoms with Crippen LogP contribution in [-0.2, 0) is 9.53 Å². The number of amides is 2. The summed E-state index contributed by atoms with van der Waals surface area (Å²) in [5.41, 5.74) is 0.516. The highest BCUT2D eigenvalue weighted by atomic mass is 35.5. The van der Waals surface area contributed by atoms with Crippen LogP contribution < -0.4 is 10.6 Å². The molecule has 1 heterocycles. The number of halogens is 2. The molecule has 1 fully saturated rings. The average Bonchev–Trinajstić information content (AvgIpc) is 2.60. The Balaban J connectivity index is 1.67. The minimum Gasteiger partial charge on any atom is -0.450 e. The van der Waals surface area contributed by atoms with Crippen molar-refractivity contribution < 1.29 is 14.3 Å². The Bertz CT molecular complexity index is 605. The normalized spacial score (nSPS) is 15.1. The first-order valence-electron chi connectivity index (χ1n) is 8.40. The summed E-state index contributed by atoms with van der Waals surface area (Å²) in [4.78, 5) is 25.4. The van der Waals surface area contributed by atoms with Crippen LogP contribution in [0.1, 0.15) is 26.2 Å². The summed E-state index contributed by atoms with van der Waals surface area (Å²) in [7, 11) is 0. The van der Waals surface area contributed by atoms with Crippen molar-refractivity contribution in [1.82, 2.24) is 10.2 Å². The molecule has 0 aliphatic carbocycles. The van der Waals surface area contributed by atoms with Crippen molar-refractivity contribution in [1.29, 1.82) is 0 Å². The lowest BCUT2D eigenvalue weighted by Crippen LogP contribution is -2.45. The molecule has 0 spiro atoms. The molecule has 2 rings (SSSR count). The molecule has 1 saturated heterocycles. The lowest BCUT2D eigenvalue weighted by atomic mass is 10.1. The predicted molar refractivity (Wildman–Crippen MR) is 99.3 cm³/mol. The monoisotopic (exact) mass is 387 g/mol.